The number of unbranched alkanes of at least 4 members (excludes halogenated alkanes) is 7. The Balaban J connectivity index is 0.00000392. The van der Waals surface area contributed by atoms with Crippen molar-refractivity contribution < 1.29 is 16.5 Å². The topological polar surface area (TPSA) is 24.7 Å². The summed E-state index contributed by atoms with van der Waals surface area (Å²) in [5.74, 6) is 6.47. The van der Waals surface area contributed by atoms with Crippen LogP contribution >= 0.6 is 0 Å². The Hall–Kier alpha value is -2.17. The van der Waals surface area contributed by atoms with Crippen LogP contribution in [0, 0.1) is 11.8 Å². The number of rotatable bonds is 10. The first-order valence-corrected chi connectivity index (χ1v) is 10.1. The summed E-state index contributed by atoms with van der Waals surface area (Å²) >= 11 is 0. The molecule has 0 fully saturated rings. The monoisotopic (exact) mass is 416 g/mol. The van der Waals surface area contributed by atoms with Crippen LogP contribution in [-0.2, 0) is 16.5 Å². The van der Waals surface area contributed by atoms with Gasteiger partial charge >= 0.3 is 0 Å². The van der Waals surface area contributed by atoms with E-state index in [2.05, 4.69) is 28.7 Å². The van der Waals surface area contributed by atoms with Crippen LogP contribution in [0.2, 0.25) is 0 Å². The predicted octanol–water partition coefficient (Wildman–Crippen LogP) is 7.30. The minimum absolute atomic E-state index is 0. The second-order valence-electron chi connectivity index (χ2n) is 6.60. The molecule has 0 bridgehead atoms. The minimum atomic E-state index is 0. The first-order chi connectivity index (χ1) is 13.4. The number of benzene rings is 2. The third kappa shape index (κ3) is 10.9. The Bertz CT molecular complexity index is 755. The molecule has 150 valence electrons. The van der Waals surface area contributed by atoms with Crippen molar-refractivity contribution in [1.29, 1.82) is 0 Å². The van der Waals surface area contributed by atoms with Gasteiger partial charge in [0, 0.05) is 22.9 Å². The molecule has 0 spiro atoms. The van der Waals surface area contributed by atoms with E-state index in [1.807, 2.05) is 60.7 Å². The van der Waals surface area contributed by atoms with Crippen molar-refractivity contribution >= 4 is 23.3 Å². The number of aliphatic imine (C=N–C) groups is 2. The average molecular weight is 417 g/mol. The molecule has 0 atom stereocenters. The van der Waals surface area contributed by atoms with Crippen molar-refractivity contribution in [2.24, 2.45) is 9.98 Å². The summed E-state index contributed by atoms with van der Waals surface area (Å²) in [4.78, 5) is 9.14. The molecule has 2 aromatic rings. The van der Waals surface area contributed by atoms with Crippen molar-refractivity contribution in [3.05, 3.63) is 60.7 Å². The van der Waals surface area contributed by atoms with Gasteiger partial charge in [0.2, 0.25) is 0 Å². The quantitative estimate of drug-likeness (QED) is 0.168. The molecular formula is C25H30N2Ni. The predicted molar refractivity (Wildman–Crippen MR) is 119 cm³/mol. The Morgan fingerprint density at radius 3 is 2.00 bits per heavy atom. The summed E-state index contributed by atoms with van der Waals surface area (Å²) in [5.41, 5.74) is 2.51. The summed E-state index contributed by atoms with van der Waals surface area (Å²) in [7, 11) is 0. The van der Waals surface area contributed by atoms with Crippen LogP contribution in [0.4, 0.5) is 11.4 Å². The van der Waals surface area contributed by atoms with Crippen molar-refractivity contribution in [3.8, 4) is 11.8 Å². The normalized spacial score (nSPS) is 11.0. The molecule has 0 heterocycles. The van der Waals surface area contributed by atoms with Gasteiger partial charge in [-0.25, -0.2) is 4.99 Å². The molecule has 0 aromatic heterocycles. The Morgan fingerprint density at radius 1 is 0.786 bits per heavy atom. The van der Waals surface area contributed by atoms with Crippen LogP contribution in [0.15, 0.2) is 70.6 Å². The van der Waals surface area contributed by atoms with E-state index in [0.29, 0.717) is 5.71 Å². The molecule has 28 heavy (non-hydrogen) atoms. The maximum absolute atomic E-state index is 4.64. The van der Waals surface area contributed by atoms with E-state index in [9.17, 15) is 0 Å². The van der Waals surface area contributed by atoms with Crippen molar-refractivity contribution in [3.63, 3.8) is 0 Å². The summed E-state index contributed by atoms with van der Waals surface area (Å²) in [5, 5.41) is 0. The summed E-state index contributed by atoms with van der Waals surface area (Å²) in [6.07, 6.45) is 11.8. The number of nitrogens with zero attached hydrogens (tertiary/aromatic N) is 2. The third-order valence-electron chi connectivity index (χ3n) is 4.22. The van der Waals surface area contributed by atoms with Crippen LogP contribution in [0.25, 0.3) is 0 Å². The molecule has 2 nitrogen and oxygen atoms in total. The molecule has 0 saturated heterocycles. The molecule has 0 N–H and O–H groups in total. The molecule has 0 aliphatic rings. The zero-order valence-electron chi connectivity index (χ0n) is 16.7. The van der Waals surface area contributed by atoms with E-state index in [0.717, 1.165) is 24.2 Å². The molecule has 2 aromatic carbocycles. The fraction of sp³-hybridized carbons (Fsp3) is 0.360. The number of para-hydroxylation sites is 2. The Labute approximate surface area is 180 Å². The largest absolute Gasteiger partial charge is 0.254 e. The number of hydrogen-bond acceptors (Lipinski definition) is 2. The van der Waals surface area contributed by atoms with Crippen molar-refractivity contribution in [2.45, 2.75) is 58.3 Å². The van der Waals surface area contributed by atoms with Crippen LogP contribution in [-0.4, -0.2) is 11.9 Å². The van der Waals surface area contributed by atoms with Gasteiger partial charge in [-0.1, -0.05) is 87.8 Å². The fourth-order valence-corrected chi connectivity index (χ4v) is 2.70. The van der Waals surface area contributed by atoms with Gasteiger partial charge < -0.3 is 0 Å². The van der Waals surface area contributed by atoms with Gasteiger partial charge in [-0.3, -0.25) is 4.99 Å². The van der Waals surface area contributed by atoms with Gasteiger partial charge in [-0.15, -0.1) is 0 Å². The molecule has 0 unspecified atom stereocenters. The van der Waals surface area contributed by atoms with Crippen LogP contribution in [0.1, 0.15) is 58.3 Å². The zero-order valence-corrected chi connectivity index (χ0v) is 17.7. The Kier molecular flexibility index (Phi) is 13.5. The first-order valence-electron chi connectivity index (χ1n) is 10.1. The molecule has 3 heteroatoms. The molecule has 0 aliphatic carbocycles. The fourth-order valence-electron chi connectivity index (χ4n) is 2.70. The van der Waals surface area contributed by atoms with Gasteiger partial charge in [-0.05, 0) is 36.6 Å². The van der Waals surface area contributed by atoms with E-state index < -0.39 is 0 Å². The van der Waals surface area contributed by atoms with E-state index in [-0.39, 0.29) is 16.5 Å². The maximum atomic E-state index is 4.64. The van der Waals surface area contributed by atoms with Gasteiger partial charge in [0.15, 0.2) is 0 Å². The van der Waals surface area contributed by atoms with Crippen molar-refractivity contribution in [2.75, 3.05) is 0 Å². The molecule has 0 aliphatic heterocycles. The molecule has 0 radical (unpaired) electrons. The van der Waals surface area contributed by atoms with Crippen LogP contribution < -0.4 is 0 Å². The van der Waals surface area contributed by atoms with E-state index in [4.69, 9.17) is 0 Å². The number of hydrogen-bond donors (Lipinski definition) is 0. The maximum Gasteiger partial charge on any atom is 0.132 e. The zero-order chi connectivity index (χ0) is 19.0. The summed E-state index contributed by atoms with van der Waals surface area (Å²) in [6, 6.07) is 19.8. The smallest absolute Gasteiger partial charge is 0.132 e. The SMILES string of the molecule is CCCCCCCCCC#CC(C=Nc1ccccc1)=Nc1ccccc1.[Ni]. The second kappa shape index (κ2) is 15.8. The van der Waals surface area contributed by atoms with Crippen LogP contribution in [0.5, 0.6) is 0 Å². The van der Waals surface area contributed by atoms with E-state index >= 15 is 0 Å². The standard InChI is InChI=1S/C25H30N2.Ni/c1-2-3-4-5-6-7-8-9-12-21-25(27-24-19-15-11-16-20-24)22-26-23-17-13-10-14-18-23;/h10-11,13-20,22H,2-9H2,1H3;. The molecule has 2 rings (SSSR count). The van der Waals surface area contributed by atoms with Crippen molar-refractivity contribution in [1.82, 2.24) is 0 Å². The Morgan fingerprint density at radius 2 is 1.36 bits per heavy atom. The van der Waals surface area contributed by atoms with E-state index in [1.54, 1.807) is 6.21 Å². The molecule has 0 saturated carbocycles. The van der Waals surface area contributed by atoms with Gasteiger partial charge in [0.1, 0.15) is 5.71 Å². The second-order valence-corrected chi connectivity index (χ2v) is 6.60. The van der Waals surface area contributed by atoms with E-state index in [1.165, 1.54) is 38.5 Å². The summed E-state index contributed by atoms with van der Waals surface area (Å²) in [6.45, 7) is 2.26. The van der Waals surface area contributed by atoms with Gasteiger partial charge in [0.05, 0.1) is 17.6 Å². The van der Waals surface area contributed by atoms with Gasteiger partial charge in [-0.2, -0.15) is 0 Å². The van der Waals surface area contributed by atoms with Gasteiger partial charge in [0.25, 0.3) is 0 Å². The minimum Gasteiger partial charge on any atom is -0.254 e. The average Bonchev–Trinajstić information content (AvgIpc) is 2.72. The first kappa shape index (κ1) is 23.9. The molecular weight excluding hydrogens is 387 g/mol. The molecule has 0 amide bonds. The summed E-state index contributed by atoms with van der Waals surface area (Å²) < 4.78 is 0. The van der Waals surface area contributed by atoms with Crippen LogP contribution in [0.3, 0.4) is 0 Å². The third-order valence-corrected chi connectivity index (χ3v) is 4.22.